The van der Waals surface area contributed by atoms with E-state index in [4.69, 9.17) is 11.6 Å². The normalized spacial score (nSPS) is 20.0. The maximum absolute atomic E-state index is 13.2. The van der Waals surface area contributed by atoms with Crippen LogP contribution in [0.15, 0.2) is 59.5 Å². The van der Waals surface area contributed by atoms with Gasteiger partial charge in [-0.05, 0) is 36.8 Å². The third kappa shape index (κ3) is 3.89. The maximum Gasteiger partial charge on any atom is 0.267 e. The van der Waals surface area contributed by atoms with Crippen molar-refractivity contribution < 1.29 is 18.0 Å². The van der Waals surface area contributed by atoms with Crippen LogP contribution in [0.1, 0.15) is 12.8 Å². The molecule has 2 fully saturated rings. The fraction of sp³-hybridized carbons (Fsp3) is 0.333. The van der Waals surface area contributed by atoms with Gasteiger partial charge >= 0.3 is 0 Å². The van der Waals surface area contributed by atoms with Crippen LogP contribution in [0.5, 0.6) is 0 Å². The highest BCUT2D eigenvalue weighted by Crippen LogP contribution is 2.29. The molecule has 2 saturated heterocycles. The van der Waals surface area contributed by atoms with Gasteiger partial charge < -0.3 is 9.80 Å². The highest BCUT2D eigenvalue weighted by Gasteiger charge is 2.45. The number of halogens is 1. The van der Waals surface area contributed by atoms with Crippen LogP contribution in [0.25, 0.3) is 0 Å². The van der Waals surface area contributed by atoms with Gasteiger partial charge in [-0.2, -0.15) is 0 Å². The van der Waals surface area contributed by atoms with E-state index in [0.29, 0.717) is 31.2 Å². The molecule has 0 aromatic heterocycles. The van der Waals surface area contributed by atoms with Crippen LogP contribution in [0.3, 0.4) is 0 Å². The standard InChI is InChI=1S/C21H22ClN3O4S/c22-16-5-4-6-17(15-16)23-11-13-24(14-12-23)21(27)19-9-10-20(26)25(19)30(28,29)18-7-2-1-3-8-18/h1-8,15,19H,9-14H2/t19-/m1/s1. The van der Waals surface area contributed by atoms with Gasteiger partial charge in [0.1, 0.15) is 6.04 Å². The Morgan fingerprint density at radius 2 is 1.67 bits per heavy atom. The van der Waals surface area contributed by atoms with Crippen molar-refractivity contribution in [2.75, 3.05) is 31.1 Å². The minimum absolute atomic E-state index is 0.0174. The predicted octanol–water partition coefficient (Wildman–Crippen LogP) is 2.37. The average molecular weight is 448 g/mol. The predicted molar refractivity (Wildman–Crippen MR) is 114 cm³/mol. The Balaban J connectivity index is 1.48. The first-order valence-electron chi connectivity index (χ1n) is 9.79. The summed E-state index contributed by atoms with van der Waals surface area (Å²) in [4.78, 5) is 29.4. The summed E-state index contributed by atoms with van der Waals surface area (Å²) in [7, 11) is -4.07. The number of rotatable bonds is 4. The molecule has 30 heavy (non-hydrogen) atoms. The highest BCUT2D eigenvalue weighted by molar-refractivity contribution is 7.89. The van der Waals surface area contributed by atoms with Crippen LogP contribution in [0, 0.1) is 0 Å². The average Bonchev–Trinajstić information content (AvgIpc) is 3.16. The van der Waals surface area contributed by atoms with E-state index in [9.17, 15) is 18.0 Å². The van der Waals surface area contributed by atoms with Gasteiger partial charge in [0.05, 0.1) is 4.90 Å². The number of amides is 2. The third-order valence-electron chi connectivity index (χ3n) is 5.51. The van der Waals surface area contributed by atoms with Gasteiger partial charge in [0, 0.05) is 43.3 Å². The first-order chi connectivity index (χ1) is 14.4. The van der Waals surface area contributed by atoms with Gasteiger partial charge in [0.15, 0.2) is 0 Å². The second kappa shape index (κ2) is 8.28. The fourth-order valence-corrected chi connectivity index (χ4v) is 5.76. The van der Waals surface area contributed by atoms with Crippen molar-refractivity contribution in [3.8, 4) is 0 Å². The monoisotopic (exact) mass is 447 g/mol. The molecular weight excluding hydrogens is 426 g/mol. The van der Waals surface area contributed by atoms with Crippen molar-refractivity contribution in [3.63, 3.8) is 0 Å². The van der Waals surface area contributed by atoms with E-state index in [1.807, 2.05) is 24.3 Å². The van der Waals surface area contributed by atoms with Crippen molar-refractivity contribution in [3.05, 3.63) is 59.6 Å². The minimum Gasteiger partial charge on any atom is -0.368 e. The molecule has 2 aliphatic rings. The molecule has 2 aromatic rings. The van der Waals surface area contributed by atoms with E-state index >= 15 is 0 Å². The lowest BCUT2D eigenvalue weighted by Crippen LogP contribution is -2.55. The summed E-state index contributed by atoms with van der Waals surface area (Å²) in [5.41, 5.74) is 0.985. The topological polar surface area (TPSA) is 78.0 Å². The van der Waals surface area contributed by atoms with Crippen molar-refractivity contribution in [2.45, 2.75) is 23.8 Å². The SMILES string of the molecule is O=C([C@H]1CCC(=O)N1S(=O)(=O)c1ccccc1)N1CCN(c2cccc(Cl)c2)CC1. The van der Waals surface area contributed by atoms with Crippen LogP contribution in [-0.2, 0) is 19.6 Å². The van der Waals surface area contributed by atoms with Gasteiger partial charge in [0.25, 0.3) is 10.0 Å². The Labute approximate surface area is 180 Å². The minimum atomic E-state index is -4.07. The van der Waals surface area contributed by atoms with Crippen molar-refractivity contribution in [2.24, 2.45) is 0 Å². The van der Waals surface area contributed by atoms with Gasteiger partial charge in [-0.25, -0.2) is 12.7 Å². The van der Waals surface area contributed by atoms with Gasteiger partial charge in [-0.15, -0.1) is 0 Å². The highest BCUT2D eigenvalue weighted by atomic mass is 35.5. The zero-order valence-corrected chi connectivity index (χ0v) is 17.8. The van der Waals surface area contributed by atoms with Crippen molar-refractivity contribution in [1.29, 1.82) is 0 Å². The molecule has 0 radical (unpaired) electrons. The molecule has 4 rings (SSSR count). The first-order valence-corrected chi connectivity index (χ1v) is 11.6. The van der Waals surface area contributed by atoms with Crippen LogP contribution >= 0.6 is 11.6 Å². The quantitative estimate of drug-likeness (QED) is 0.719. The van der Waals surface area contributed by atoms with Crippen LogP contribution in [0.2, 0.25) is 5.02 Å². The van der Waals surface area contributed by atoms with E-state index in [0.717, 1.165) is 9.99 Å². The summed E-state index contributed by atoms with van der Waals surface area (Å²) < 4.78 is 26.8. The molecular formula is C21H22ClN3O4S. The summed E-state index contributed by atoms with van der Waals surface area (Å²) in [6.45, 7) is 2.13. The second-order valence-corrected chi connectivity index (χ2v) is 9.61. The number of sulfonamides is 1. The Bertz CT molecular complexity index is 1050. The third-order valence-corrected chi connectivity index (χ3v) is 7.59. The Kier molecular flexibility index (Phi) is 5.71. The molecule has 2 aromatic carbocycles. The Hall–Kier alpha value is -2.58. The lowest BCUT2D eigenvalue weighted by Gasteiger charge is -2.38. The van der Waals surface area contributed by atoms with E-state index in [1.54, 1.807) is 23.1 Å². The Morgan fingerprint density at radius 3 is 2.33 bits per heavy atom. The summed E-state index contributed by atoms with van der Waals surface area (Å²) in [5.74, 6) is -0.846. The Morgan fingerprint density at radius 1 is 0.967 bits per heavy atom. The lowest BCUT2D eigenvalue weighted by molar-refractivity contribution is -0.138. The molecule has 0 aliphatic carbocycles. The van der Waals surface area contributed by atoms with Gasteiger partial charge in [0.2, 0.25) is 11.8 Å². The zero-order chi connectivity index (χ0) is 21.3. The fourth-order valence-electron chi connectivity index (χ4n) is 3.96. The molecule has 1 atom stereocenters. The van der Waals surface area contributed by atoms with E-state index in [2.05, 4.69) is 4.90 Å². The van der Waals surface area contributed by atoms with E-state index in [1.165, 1.54) is 12.1 Å². The number of carbonyl (C=O) groups is 2. The number of carbonyl (C=O) groups excluding carboxylic acids is 2. The maximum atomic E-state index is 13.2. The first kappa shape index (κ1) is 20.7. The summed E-state index contributed by atoms with van der Waals surface area (Å²) in [6.07, 6.45) is 0.253. The van der Waals surface area contributed by atoms with Gasteiger partial charge in [-0.3, -0.25) is 9.59 Å². The number of anilines is 1. The molecule has 0 saturated carbocycles. The molecule has 7 nitrogen and oxygen atoms in total. The zero-order valence-electron chi connectivity index (χ0n) is 16.3. The molecule has 2 heterocycles. The summed E-state index contributed by atoms with van der Waals surface area (Å²) >= 11 is 6.07. The number of hydrogen-bond donors (Lipinski definition) is 0. The molecule has 158 valence electrons. The molecule has 0 N–H and O–H groups in total. The number of hydrogen-bond acceptors (Lipinski definition) is 5. The van der Waals surface area contributed by atoms with Gasteiger partial charge in [-0.1, -0.05) is 35.9 Å². The molecule has 9 heteroatoms. The lowest BCUT2D eigenvalue weighted by atomic mass is 10.1. The van der Waals surface area contributed by atoms with Crippen molar-refractivity contribution in [1.82, 2.24) is 9.21 Å². The molecule has 0 unspecified atom stereocenters. The van der Waals surface area contributed by atoms with Crippen LogP contribution < -0.4 is 4.90 Å². The smallest absolute Gasteiger partial charge is 0.267 e. The van der Waals surface area contributed by atoms with Crippen molar-refractivity contribution >= 4 is 39.1 Å². The largest absolute Gasteiger partial charge is 0.368 e. The van der Waals surface area contributed by atoms with Crippen LogP contribution in [0.4, 0.5) is 5.69 Å². The van der Waals surface area contributed by atoms with E-state index in [-0.39, 0.29) is 23.6 Å². The number of nitrogens with zero attached hydrogens (tertiary/aromatic N) is 3. The van der Waals surface area contributed by atoms with Crippen LogP contribution in [-0.4, -0.2) is 61.7 Å². The molecule has 0 spiro atoms. The molecule has 0 bridgehead atoms. The molecule has 2 aliphatic heterocycles. The number of piperazine rings is 1. The summed E-state index contributed by atoms with van der Waals surface area (Å²) in [5, 5.41) is 0.650. The van der Waals surface area contributed by atoms with E-state index < -0.39 is 22.0 Å². The second-order valence-electron chi connectivity index (χ2n) is 7.35. The molecule has 2 amide bonds. The summed E-state index contributed by atoms with van der Waals surface area (Å²) in [6, 6.07) is 14.3. The number of benzene rings is 2.